The topological polar surface area (TPSA) is 45.8 Å². The highest BCUT2D eigenvalue weighted by Crippen LogP contribution is 2.20. The largest absolute Gasteiger partial charge is 0.322 e. The van der Waals surface area contributed by atoms with Crippen molar-refractivity contribution in [2.24, 2.45) is 0 Å². The summed E-state index contributed by atoms with van der Waals surface area (Å²) in [6.07, 6.45) is 1.61. The van der Waals surface area contributed by atoms with E-state index in [9.17, 15) is 4.79 Å². The Morgan fingerprint density at radius 3 is 3.00 bits per heavy atom. The summed E-state index contributed by atoms with van der Waals surface area (Å²) in [6.45, 7) is 0. The average molecular weight is 259 g/mol. The van der Waals surface area contributed by atoms with Gasteiger partial charge in [-0.3, -0.25) is 4.79 Å². The first kappa shape index (κ1) is 8.72. The molecule has 0 spiro atoms. The number of rotatable bonds is 0. The highest BCUT2D eigenvalue weighted by molar-refractivity contribution is 9.10. The van der Waals surface area contributed by atoms with Crippen LogP contribution in [0.3, 0.4) is 0 Å². The summed E-state index contributed by atoms with van der Waals surface area (Å²) in [5, 5.41) is 1.20. The Hall–Kier alpha value is -0.870. The molecular weight excluding hydrogens is 255 g/mol. The summed E-state index contributed by atoms with van der Waals surface area (Å²) < 4.78 is 0.718. The van der Waals surface area contributed by atoms with E-state index in [1.54, 1.807) is 12.3 Å². The van der Waals surface area contributed by atoms with Crippen LogP contribution in [0, 0.1) is 0 Å². The van der Waals surface area contributed by atoms with Gasteiger partial charge in [0.2, 0.25) is 5.56 Å². The van der Waals surface area contributed by atoms with Gasteiger partial charge in [-0.2, -0.15) is 0 Å². The predicted molar refractivity (Wildman–Crippen MR) is 55.1 cm³/mol. The Labute approximate surface area is 86.9 Å². The SMILES string of the molecule is O=c1cc(Br)c2cnc(Cl)cc2[nH]1. The van der Waals surface area contributed by atoms with Crippen LogP contribution in [-0.4, -0.2) is 9.97 Å². The van der Waals surface area contributed by atoms with Gasteiger partial charge in [0.15, 0.2) is 0 Å². The molecule has 0 aliphatic rings. The second-order valence-corrected chi connectivity index (χ2v) is 3.78. The molecule has 0 atom stereocenters. The maximum atomic E-state index is 11.1. The first-order chi connectivity index (χ1) is 6.16. The Morgan fingerprint density at radius 1 is 1.46 bits per heavy atom. The average Bonchev–Trinajstić information content (AvgIpc) is 2.02. The van der Waals surface area contributed by atoms with Crippen LogP contribution in [0.15, 0.2) is 27.6 Å². The van der Waals surface area contributed by atoms with Crippen LogP contribution in [0.1, 0.15) is 0 Å². The Balaban J connectivity index is 2.94. The molecule has 0 saturated heterocycles. The number of hydrogen-bond acceptors (Lipinski definition) is 2. The number of aromatic amines is 1. The van der Waals surface area contributed by atoms with Crippen molar-refractivity contribution < 1.29 is 0 Å². The number of pyridine rings is 2. The van der Waals surface area contributed by atoms with Crippen molar-refractivity contribution in [1.29, 1.82) is 0 Å². The van der Waals surface area contributed by atoms with Crippen molar-refractivity contribution >= 4 is 38.4 Å². The molecular formula is C8H4BrClN2O. The fourth-order valence-corrected chi connectivity index (χ4v) is 1.77. The van der Waals surface area contributed by atoms with Gasteiger partial charge in [-0.15, -0.1) is 0 Å². The standard InChI is InChI=1S/C8H4BrClN2O/c9-5-1-8(13)12-6-2-7(10)11-3-4(5)6/h1-3H,(H,12,13). The molecule has 0 amide bonds. The van der Waals surface area contributed by atoms with Crippen LogP contribution in [-0.2, 0) is 0 Å². The van der Waals surface area contributed by atoms with Crippen molar-refractivity contribution in [3.8, 4) is 0 Å². The molecule has 2 rings (SSSR count). The minimum atomic E-state index is -0.165. The summed E-state index contributed by atoms with van der Waals surface area (Å²) in [5.41, 5.74) is 0.515. The molecule has 2 heterocycles. The summed E-state index contributed by atoms with van der Waals surface area (Å²) >= 11 is 8.94. The van der Waals surface area contributed by atoms with Crippen LogP contribution in [0.5, 0.6) is 0 Å². The van der Waals surface area contributed by atoms with E-state index in [0.29, 0.717) is 10.7 Å². The summed E-state index contributed by atoms with van der Waals surface area (Å²) in [5.74, 6) is 0. The number of H-pyrrole nitrogens is 1. The first-order valence-electron chi connectivity index (χ1n) is 3.51. The number of nitrogens with one attached hydrogen (secondary N) is 1. The molecule has 0 radical (unpaired) electrons. The minimum absolute atomic E-state index is 0.165. The summed E-state index contributed by atoms with van der Waals surface area (Å²) in [7, 11) is 0. The fraction of sp³-hybridized carbons (Fsp3) is 0. The zero-order valence-corrected chi connectivity index (χ0v) is 8.69. The molecule has 13 heavy (non-hydrogen) atoms. The van der Waals surface area contributed by atoms with Gasteiger partial charge in [-0.1, -0.05) is 11.6 Å². The van der Waals surface area contributed by atoms with Crippen molar-refractivity contribution in [3.63, 3.8) is 0 Å². The van der Waals surface area contributed by atoms with Gasteiger partial charge < -0.3 is 4.98 Å². The molecule has 2 aromatic heterocycles. The molecule has 2 aromatic rings. The van der Waals surface area contributed by atoms with Crippen molar-refractivity contribution in [3.05, 3.63) is 38.3 Å². The maximum absolute atomic E-state index is 11.1. The first-order valence-corrected chi connectivity index (χ1v) is 4.68. The number of nitrogens with zero attached hydrogens (tertiary/aromatic N) is 1. The van der Waals surface area contributed by atoms with E-state index < -0.39 is 0 Å². The highest BCUT2D eigenvalue weighted by atomic mass is 79.9. The zero-order valence-electron chi connectivity index (χ0n) is 6.34. The van der Waals surface area contributed by atoms with Gasteiger partial charge in [0.25, 0.3) is 0 Å². The summed E-state index contributed by atoms with van der Waals surface area (Å²) in [6, 6.07) is 3.07. The van der Waals surface area contributed by atoms with Crippen LogP contribution in [0.2, 0.25) is 5.15 Å². The zero-order chi connectivity index (χ0) is 9.42. The minimum Gasteiger partial charge on any atom is -0.322 e. The lowest BCUT2D eigenvalue weighted by atomic mass is 10.3. The van der Waals surface area contributed by atoms with Crippen molar-refractivity contribution in [1.82, 2.24) is 9.97 Å². The van der Waals surface area contributed by atoms with E-state index >= 15 is 0 Å². The Kier molecular flexibility index (Phi) is 2.09. The lowest BCUT2D eigenvalue weighted by molar-refractivity contribution is 1.27. The van der Waals surface area contributed by atoms with E-state index in [2.05, 4.69) is 25.9 Å². The van der Waals surface area contributed by atoms with Gasteiger partial charge in [-0.05, 0) is 22.0 Å². The van der Waals surface area contributed by atoms with Gasteiger partial charge in [0.05, 0.1) is 5.52 Å². The second kappa shape index (κ2) is 3.12. The van der Waals surface area contributed by atoms with E-state index in [1.807, 2.05) is 0 Å². The Bertz CT molecular complexity index is 523. The third kappa shape index (κ3) is 1.59. The molecule has 0 aromatic carbocycles. The highest BCUT2D eigenvalue weighted by Gasteiger charge is 2.01. The normalized spacial score (nSPS) is 10.6. The van der Waals surface area contributed by atoms with Crippen LogP contribution >= 0.6 is 27.5 Å². The smallest absolute Gasteiger partial charge is 0.249 e. The van der Waals surface area contributed by atoms with E-state index in [0.717, 1.165) is 9.86 Å². The van der Waals surface area contributed by atoms with Crippen LogP contribution in [0.25, 0.3) is 10.9 Å². The molecule has 0 aliphatic heterocycles. The third-order valence-corrected chi connectivity index (χ3v) is 2.51. The molecule has 3 nitrogen and oxygen atoms in total. The molecule has 0 saturated carbocycles. The monoisotopic (exact) mass is 258 g/mol. The van der Waals surface area contributed by atoms with E-state index in [4.69, 9.17) is 11.6 Å². The molecule has 5 heteroatoms. The van der Waals surface area contributed by atoms with E-state index in [-0.39, 0.29) is 5.56 Å². The number of aromatic nitrogens is 2. The quantitative estimate of drug-likeness (QED) is 0.738. The molecule has 0 aliphatic carbocycles. The summed E-state index contributed by atoms with van der Waals surface area (Å²) in [4.78, 5) is 17.6. The fourth-order valence-electron chi connectivity index (χ4n) is 1.09. The molecule has 1 N–H and O–H groups in total. The molecule has 0 unspecified atom stereocenters. The lowest BCUT2D eigenvalue weighted by Crippen LogP contribution is -2.03. The predicted octanol–water partition coefficient (Wildman–Crippen LogP) is 2.34. The Morgan fingerprint density at radius 2 is 2.23 bits per heavy atom. The lowest BCUT2D eigenvalue weighted by Gasteiger charge is -1.98. The van der Waals surface area contributed by atoms with E-state index in [1.165, 1.54) is 6.07 Å². The van der Waals surface area contributed by atoms with Crippen molar-refractivity contribution in [2.45, 2.75) is 0 Å². The van der Waals surface area contributed by atoms with Gasteiger partial charge >= 0.3 is 0 Å². The number of fused-ring (bicyclic) bond motifs is 1. The molecule has 0 fully saturated rings. The van der Waals surface area contributed by atoms with Gasteiger partial charge in [0.1, 0.15) is 5.15 Å². The second-order valence-electron chi connectivity index (χ2n) is 2.53. The third-order valence-electron chi connectivity index (χ3n) is 1.64. The number of hydrogen-bond donors (Lipinski definition) is 1. The van der Waals surface area contributed by atoms with Gasteiger partial charge in [-0.25, -0.2) is 4.98 Å². The van der Waals surface area contributed by atoms with Crippen LogP contribution < -0.4 is 5.56 Å². The molecule has 0 bridgehead atoms. The number of halogens is 2. The molecule has 66 valence electrons. The maximum Gasteiger partial charge on any atom is 0.249 e. The van der Waals surface area contributed by atoms with Crippen molar-refractivity contribution in [2.75, 3.05) is 0 Å². The van der Waals surface area contributed by atoms with Crippen LogP contribution in [0.4, 0.5) is 0 Å². The van der Waals surface area contributed by atoms with Gasteiger partial charge in [0, 0.05) is 22.1 Å².